The zero-order chi connectivity index (χ0) is 12.7. The van der Waals surface area contributed by atoms with E-state index in [2.05, 4.69) is 47.1 Å². The molecule has 1 N–H and O–H groups in total. The third kappa shape index (κ3) is 4.80. The van der Waals surface area contributed by atoms with Crippen molar-refractivity contribution in [3.63, 3.8) is 0 Å². The minimum absolute atomic E-state index is 0.446. The van der Waals surface area contributed by atoms with Gasteiger partial charge in [0.05, 0.1) is 6.54 Å². The summed E-state index contributed by atoms with van der Waals surface area (Å²) in [5, 5.41) is 3.10. The van der Waals surface area contributed by atoms with E-state index in [1.54, 1.807) is 0 Å². The van der Waals surface area contributed by atoms with Crippen LogP contribution in [0.5, 0.6) is 5.75 Å². The van der Waals surface area contributed by atoms with Crippen LogP contribution in [0.25, 0.3) is 0 Å². The number of rotatable bonds is 6. The van der Waals surface area contributed by atoms with Gasteiger partial charge in [0.2, 0.25) is 0 Å². The monoisotopic (exact) mass is 295 g/mol. The molecule has 17 heavy (non-hydrogen) atoms. The van der Waals surface area contributed by atoms with Crippen LogP contribution in [0.15, 0.2) is 22.7 Å². The molecule has 0 bridgehead atoms. The van der Waals surface area contributed by atoms with E-state index in [-0.39, 0.29) is 0 Å². The van der Waals surface area contributed by atoms with Crippen molar-refractivity contribution in [1.82, 2.24) is 5.32 Å². The van der Waals surface area contributed by atoms with Crippen LogP contribution in [-0.4, -0.2) is 19.7 Å². The average Bonchev–Trinajstić information content (AvgIpc) is 2.30. The second kappa shape index (κ2) is 7.37. The summed E-state index contributed by atoms with van der Waals surface area (Å²) in [5.74, 6) is 3.93. The molecule has 0 heterocycles. The molecule has 0 fully saturated rings. The molecule has 2 nitrogen and oxygen atoms in total. The highest BCUT2D eigenvalue weighted by atomic mass is 79.9. The average molecular weight is 296 g/mol. The number of ether oxygens (including phenoxy) is 1. The SMILES string of the molecule is C#CCNCCOc1ccc(Br)cc1C(C)C. The molecule has 1 rings (SSSR count). The van der Waals surface area contributed by atoms with Crippen molar-refractivity contribution in [2.75, 3.05) is 19.7 Å². The molecule has 0 aliphatic heterocycles. The van der Waals surface area contributed by atoms with E-state index in [0.29, 0.717) is 19.1 Å². The molecule has 1 aromatic carbocycles. The number of hydrogen-bond acceptors (Lipinski definition) is 2. The Morgan fingerprint density at radius 2 is 2.24 bits per heavy atom. The zero-order valence-electron chi connectivity index (χ0n) is 10.3. The highest BCUT2D eigenvalue weighted by Gasteiger charge is 2.08. The van der Waals surface area contributed by atoms with Crippen LogP contribution in [0.1, 0.15) is 25.3 Å². The summed E-state index contributed by atoms with van der Waals surface area (Å²) in [5.41, 5.74) is 1.22. The first-order valence-electron chi connectivity index (χ1n) is 5.71. The fraction of sp³-hybridized carbons (Fsp3) is 0.429. The third-order valence-electron chi connectivity index (χ3n) is 2.36. The van der Waals surface area contributed by atoms with Crippen LogP contribution >= 0.6 is 15.9 Å². The van der Waals surface area contributed by atoms with Gasteiger partial charge in [-0.25, -0.2) is 0 Å². The van der Waals surface area contributed by atoms with E-state index in [1.807, 2.05) is 12.1 Å². The molecule has 0 spiro atoms. The van der Waals surface area contributed by atoms with Gasteiger partial charge in [0.15, 0.2) is 0 Å². The molecule has 0 atom stereocenters. The van der Waals surface area contributed by atoms with Crippen LogP contribution in [0.3, 0.4) is 0 Å². The summed E-state index contributed by atoms with van der Waals surface area (Å²) in [4.78, 5) is 0. The summed E-state index contributed by atoms with van der Waals surface area (Å²) in [6, 6.07) is 6.10. The molecular weight excluding hydrogens is 278 g/mol. The lowest BCUT2D eigenvalue weighted by Crippen LogP contribution is -2.21. The summed E-state index contributed by atoms with van der Waals surface area (Å²) in [7, 11) is 0. The molecule has 1 aromatic rings. The van der Waals surface area contributed by atoms with Gasteiger partial charge < -0.3 is 10.1 Å². The van der Waals surface area contributed by atoms with Gasteiger partial charge in [0.25, 0.3) is 0 Å². The van der Waals surface area contributed by atoms with Crippen LogP contribution < -0.4 is 10.1 Å². The van der Waals surface area contributed by atoms with Crippen molar-refractivity contribution in [1.29, 1.82) is 0 Å². The minimum atomic E-state index is 0.446. The van der Waals surface area contributed by atoms with Crippen molar-refractivity contribution >= 4 is 15.9 Å². The summed E-state index contributed by atoms with van der Waals surface area (Å²) in [6.07, 6.45) is 5.14. The second-order valence-corrected chi connectivity index (χ2v) is 4.98. The van der Waals surface area contributed by atoms with Gasteiger partial charge >= 0.3 is 0 Å². The van der Waals surface area contributed by atoms with Crippen LogP contribution in [0, 0.1) is 12.3 Å². The number of halogens is 1. The maximum absolute atomic E-state index is 5.75. The molecule has 0 aliphatic rings. The van der Waals surface area contributed by atoms with Gasteiger partial charge in [0.1, 0.15) is 12.4 Å². The highest BCUT2D eigenvalue weighted by molar-refractivity contribution is 9.10. The first-order chi connectivity index (χ1) is 8.15. The van der Waals surface area contributed by atoms with Crippen LogP contribution in [0.4, 0.5) is 0 Å². The topological polar surface area (TPSA) is 21.3 Å². The van der Waals surface area contributed by atoms with E-state index < -0.39 is 0 Å². The standard InChI is InChI=1S/C14H18BrNO/c1-4-7-16-8-9-17-14-6-5-12(15)10-13(14)11(2)3/h1,5-6,10-11,16H,7-9H2,2-3H3. The molecule has 0 amide bonds. The Hall–Kier alpha value is -0.980. The van der Waals surface area contributed by atoms with Gasteiger partial charge in [-0.2, -0.15) is 0 Å². The highest BCUT2D eigenvalue weighted by Crippen LogP contribution is 2.29. The fourth-order valence-electron chi connectivity index (χ4n) is 1.50. The molecule has 0 aliphatic carbocycles. The summed E-state index contributed by atoms with van der Waals surface area (Å²) < 4.78 is 6.83. The second-order valence-electron chi connectivity index (χ2n) is 4.07. The van der Waals surface area contributed by atoms with Crippen molar-refractivity contribution in [2.45, 2.75) is 19.8 Å². The van der Waals surface area contributed by atoms with Gasteiger partial charge in [-0.3, -0.25) is 0 Å². The molecule has 0 unspecified atom stereocenters. The maximum atomic E-state index is 5.75. The predicted octanol–water partition coefficient (Wildman–Crippen LogP) is 3.17. The number of benzene rings is 1. The Morgan fingerprint density at radius 1 is 1.47 bits per heavy atom. The molecule has 0 saturated carbocycles. The maximum Gasteiger partial charge on any atom is 0.122 e. The predicted molar refractivity (Wildman–Crippen MR) is 75.4 cm³/mol. The third-order valence-corrected chi connectivity index (χ3v) is 2.85. The van der Waals surface area contributed by atoms with E-state index in [9.17, 15) is 0 Å². The normalized spacial score (nSPS) is 10.3. The van der Waals surface area contributed by atoms with Crippen molar-refractivity contribution in [3.8, 4) is 18.1 Å². The van der Waals surface area contributed by atoms with E-state index in [4.69, 9.17) is 11.2 Å². The number of terminal acetylenes is 1. The van der Waals surface area contributed by atoms with Gasteiger partial charge in [-0.15, -0.1) is 6.42 Å². The van der Waals surface area contributed by atoms with Crippen molar-refractivity contribution in [3.05, 3.63) is 28.2 Å². The largest absolute Gasteiger partial charge is 0.492 e. The summed E-state index contributed by atoms with van der Waals surface area (Å²) >= 11 is 3.48. The van der Waals surface area contributed by atoms with Crippen LogP contribution in [-0.2, 0) is 0 Å². The lowest BCUT2D eigenvalue weighted by molar-refractivity contribution is 0.312. The first-order valence-corrected chi connectivity index (χ1v) is 6.51. The van der Waals surface area contributed by atoms with Crippen molar-refractivity contribution in [2.24, 2.45) is 0 Å². The van der Waals surface area contributed by atoms with E-state index in [1.165, 1.54) is 5.56 Å². The summed E-state index contributed by atoms with van der Waals surface area (Å²) in [6.45, 7) is 6.29. The van der Waals surface area contributed by atoms with Crippen molar-refractivity contribution < 1.29 is 4.74 Å². The molecule has 0 saturated heterocycles. The van der Waals surface area contributed by atoms with E-state index >= 15 is 0 Å². The molecule has 92 valence electrons. The Bertz CT molecular complexity index is 396. The number of nitrogens with one attached hydrogen (secondary N) is 1. The lowest BCUT2D eigenvalue weighted by Gasteiger charge is -2.14. The fourth-order valence-corrected chi connectivity index (χ4v) is 1.87. The smallest absolute Gasteiger partial charge is 0.122 e. The Labute approximate surface area is 112 Å². The first kappa shape index (κ1) is 14.1. The Morgan fingerprint density at radius 3 is 2.88 bits per heavy atom. The quantitative estimate of drug-likeness (QED) is 0.643. The Kier molecular flexibility index (Phi) is 6.10. The van der Waals surface area contributed by atoms with Gasteiger partial charge in [0, 0.05) is 11.0 Å². The molecule has 0 aromatic heterocycles. The van der Waals surface area contributed by atoms with E-state index in [0.717, 1.165) is 16.8 Å². The lowest BCUT2D eigenvalue weighted by atomic mass is 10.0. The Balaban J connectivity index is 2.55. The number of hydrogen-bond donors (Lipinski definition) is 1. The van der Waals surface area contributed by atoms with Gasteiger partial charge in [-0.05, 0) is 29.7 Å². The zero-order valence-corrected chi connectivity index (χ0v) is 11.9. The molecule has 3 heteroatoms. The minimum Gasteiger partial charge on any atom is -0.492 e. The van der Waals surface area contributed by atoms with Gasteiger partial charge in [-0.1, -0.05) is 35.7 Å². The molecular formula is C14H18BrNO. The molecule has 0 radical (unpaired) electrons. The van der Waals surface area contributed by atoms with Crippen LogP contribution in [0.2, 0.25) is 0 Å².